The summed E-state index contributed by atoms with van der Waals surface area (Å²) in [6.45, 7) is 2.30. The second kappa shape index (κ2) is 11.3. The Hall–Kier alpha value is -3.18. The van der Waals surface area contributed by atoms with E-state index in [1.165, 1.54) is 22.6 Å². The van der Waals surface area contributed by atoms with Crippen LogP contribution in [0.25, 0.3) is 5.57 Å². The van der Waals surface area contributed by atoms with Gasteiger partial charge in [0.15, 0.2) is 5.03 Å². The number of amides is 1. The van der Waals surface area contributed by atoms with Crippen LogP contribution in [0.5, 0.6) is 0 Å². The van der Waals surface area contributed by atoms with E-state index in [0.29, 0.717) is 24.4 Å². The number of hydrogen-bond acceptors (Lipinski definition) is 5. The molecule has 1 aliphatic heterocycles. The van der Waals surface area contributed by atoms with Gasteiger partial charge in [0.25, 0.3) is 15.9 Å². The van der Waals surface area contributed by atoms with E-state index < -0.39 is 27.9 Å². The van der Waals surface area contributed by atoms with Crippen LogP contribution >= 0.6 is 23.2 Å². The summed E-state index contributed by atoms with van der Waals surface area (Å²) in [4.78, 5) is 28.6. The third-order valence-corrected chi connectivity index (χ3v) is 8.79. The van der Waals surface area contributed by atoms with E-state index in [1.54, 1.807) is 36.7 Å². The average Bonchev–Trinajstić information content (AvgIpc) is 3.23. The van der Waals surface area contributed by atoms with Gasteiger partial charge in [-0.15, -0.1) is 0 Å². The van der Waals surface area contributed by atoms with Crippen molar-refractivity contribution >= 4 is 50.7 Å². The number of carbonyl (C=O) groups is 2. The SMILES string of the molecule is Cc1nc(S(=O)(=O)N2CC=C(c3ccc(C[C@H](NC(=O)c4c(Cl)cccc4Cl)C(=O)O)cc3)CC2)cn1C. The highest BCUT2D eigenvalue weighted by Crippen LogP contribution is 2.27. The summed E-state index contributed by atoms with van der Waals surface area (Å²) in [5, 5.41) is 12.5. The van der Waals surface area contributed by atoms with Crippen LogP contribution in [-0.4, -0.2) is 58.4 Å². The van der Waals surface area contributed by atoms with E-state index in [2.05, 4.69) is 10.3 Å². The molecule has 0 spiro atoms. The zero-order valence-electron chi connectivity index (χ0n) is 20.7. The molecule has 1 aliphatic rings. The molecular formula is C26H26Cl2N4O5S. The molecule has 4 rings (SSSR count). The number of aromatic nitrogens is 2. The number of halogens is 2. The van der Waals surface area contributed by atoms with E-state index in [4.69, 9.17) is 23.2 Å². The molecule has 0 saturated carbocycles. The number of benzene rings is 2. The van der Waals surface area contributed by atoms with Gasteiger partial charge in [0.1, 0.15) is 11.9 Å². The first-order chi connectivity index (χ1) is 18.0. The second-order valence-electron chi connectivity index (χ2n) is 8.94. The van der Waals surface area contributed by atoms with Crippen molar-refractivity contribution in [2.75, 3.05) is 13.1 Å². The first-order valence-electron chi connectivity index (χ1n) is 11.7. The van der Waals surface area contributed by atoms with Crippen LogP contribution in [0.4, 0.5) is 0 Å². The molecule has 0 fully saturated rings. The molecule has 2 heterocycles. The standard InChI is InChI=1S/C26H26Cl2N4O5S/c1-16-29-23(15-31(16)2)38(36,37)32-12-10-19(11-13-32)18-8-6-17(7-9-18)14-22(26(34)35)30-25(33)24-20(27)4-3-5-21(24)28/h3-10,15,22H,11-14H2,1-2H3,(H,30,33)(H,34,35)/t22-/m0/s1. The summed E-state index contributed by atoms with van der Waals surface area (Å²) in [7, 11) is -1.93. The Morgan fingerprint density at radius 1 is 1.13 bits per heavy atom. The molecule has 1 aromatic heterocycles. The summed E-state index contributed by atoms with van der Waals surface area (Å²) in [5.41, 5.74) is 2.64. The monoisotopic (exact) mass is 576 g/mol. The van der Waals surface area contributed by atoms with Crippen molar-refractivity contribution in [2.24, 2.45) is 7.05 Å². The van der Waals surface area contributed by atoms with Gasteiger partial charge in [-0.05, 0) is 42.2 Å². The Balaban J connectivity index is 1.42. The van der Waals surface area contributed by atoms with Gasteiger partial charge in [0, 0.05) is 32.8 Å². The fourth-order valence-corrected chi connectivity index (χ4v) is 6.12. The maximum atomic E-state index is 12.9. The number of sulfonamides is 1. The number of carboxylic acid groups (broad SMARTS) is 1. The molecule has 2 aromatic carbocycles. The van der Waals surface area contributed by atoms with Crippen LogP contribution in [0, 0.1) is 6.92 Å². The van der Waals surface area contributed by atoms with Gasteiger partial charge in [-0.3, -0.25) is 4.79 Å². The molecule has 1 atom stereocenters. The molecule has 1 amide bonds. The lowest BCUT2D eigenvalue weighted by Crippen LogP contribution is -2.42. The van der Waals surface area contributed by atoms with Crippen molar-refractivity contribution in [1.82, 2.24) is 19.2 Å². The Morgan fingerprint density at radius 2 is 1.79 bits per heavy atom. The normalized spacial score (nSPS) is 15.1. The molecule has 12 heteroatoms. The van der Waals surface area contributed by atoms with Gasteiger partial charge in [0.2, 0.25) is 0 Å². The van der Waals surface area contributed by atoms with Crippen LogP contribution in [0.2, 0.25) is 10.0 Å². The number of carbonyl (C=O) groups excluding carboxylic acids is 1. The molecule has 0 saturated heterocycles. The molecule has 0 bridgehead atoms. The minimum absolute atomic E-state index is 0.0240. The maximum absolute atomic E-state index is 12.9. The Bertz CT molecular complexity index is 1480. The highest BCUT2D eigenvalue weighted by atomic mass is 35.5. The largest absolute Gasteiger partial charge is 0.480 e. The minimum Gasteiger partial charge on any atom is -0.480 e. The fraction of sp³-hybridized carbons (Fsp3) is 0.269. The first-order valence-corrected chi connectivity index (χ1v) is 13.9. The van der Waals surface area contributed by atoms with Crippen molar-refractivity contribution < 1.29 is 23.1 Å². The molecule has 38 heavy (non-hydrogen) atoms. The van der Waals surface area contributed by atoms with Crippen LogP contribution in [0.1, 0.15) is 33.7 Å². The van der Waals surface area contributed by atoms with E-state index >= 15 is 0 Å². The number of aliphatic carboxylic acids is 1. The van der Waals surface area contributed by atoms with Crippen LogP contribution in [0.3, 0.4) is 0 Å². The fourth-order valence-electron chi connectivity index (χ4n) is 4.15. The number of nitrogens with zero attached hydrogens (tertiary/aromatic N) is 3. The molecule has 0 radical (unpaired) electrons. The number of carboxylic acids is 1. The smallest absolute Gasteiger partial charge is 0.326 e. The summed E-state index contributed by atoms with van der Waals surface area (Å²) >= 11 is 12.1. The number of aryl methyl sites for hydroxylation is 2. The summed E-state index contributed by atoms with van der Waals surface area (Å²) in [6, 6.07) is 10.7. The Kier molecular flexibility index (Phi) is 8.27. The predicted molar refractivity (Wildman–Crippen MR) is 145 cm³/mol. The summed E-state index contributed by atoms with van der Waals surface area (Å²) in [6.07, 6.45) is 3.97. The van der Waals surface area contributed by atoms with Crippen molar-refractivity contribution in [2.45, 2.75) is 30.8 Å². The summed E-state index contributed by atoms with van der Waals surface area (Å²) < 4.78 is 28.9. The van der Waals surface area contributed by atoms with E-state index in [0.717, 1.165) is 11.1 Å². The third kappa shape index (κ3) is 5.94. The highest BCUT2D eigenvalue weighted by Gasteiger charge is 2.29. The van der Waals surface area contributed by atoms with Crippen molar-refractivity contribution in [3.05, 3.63) is 87.3 Å². The molecule has 0 unspecified atom stereocenters. The second-order valence-corrected chi connectivity index (χ2v) is 11.6. The Morgan fingerprint density at radius 3 is 2.32 bits per heavy atom. The van der Waals surface area contributed by atoms with Gasteiger partial charge >= 0.3 is 5.97 Å². The number of nitrogens with one attached hydrogen (secondary N) is 1. The van der Waals surface area contributed by atoms with Gasteiger partial charge in [0.05, 0.1) is 15.6 Å². The van der Waals surface area contributed by atoms with Crippen LogP contribution in [0.15, 0.2) is 59.8 Å². The number of imidazole rings is 1. The van der Waals surface area contributed by atoms with Gasteiger partial charge in [-0.25, -0.2) is 18.2 Å². The Labute approximate surface area is 230 Å². The molecule has 3 aromatic rings. The lowest BCUT2D eigenvalue weighted by Gasteiger charge is -2.25. The zero-order chi connectivity index (χ0) is 27.6. The molecule has 200 valence electrons. The van der Waals surface area contributed by atoms with Gasteiger partial charge in [-0.1, -0.05) is 59.6 Å². The quantitative estimate of drug-likeness (QED) is 0.419. The van der Waals surface area contributed by atoms with Crippen LogP contribution in [-0.2, 0) is 28.3 Å². The van der Waals surface area contributed by atoms with Crippen LogP contribution < -0.4 is 5.32 Å². The van der Waals surface area contributed by atoms with Gasteiger partial charge in [-0.2, -0.15) is 4.31 Å². The lowest BCUT2D eigenvalue weighted by atomic mass is 9.97. The first kappa shape index (κ1) is 27.8. The molecule has 0 aliphatic carbocycles. The van der Waals surface area contributed by atoms with Crippen molar-refractivity contribution in [3.8, 4) is 0 Å². The van der Waals surface area contributed by atoms with Gasteiger partial charge < -0.3 is 15.0 Å². The maximum Gasteiger partial charge on any atom is 0.326 e. The van der Waals surface area contributed by atoms with Crippen molar-refractivity contribution in [1.29, 1.82) is 0 Å². The van der Waals surface area contributed by atoms with Crippen molar-refractivity contribution in [3.63, 3.8) is 0 Å². The number of rotatable bonds is 8. The third-order valence-electron chi connectivity index (χ3n) is 6.42. The molecular weight excluding hydrogens is 551 g/mol. The lowest BCUT2D eigenvalue weighted by molar-refractivity contribution is -0.139. The topological polar surface area (TPSA) is 122 Å². The highest BCUT2D eigenvalue weighted by molar-refractivity contribution is 7.89. The average molecular weight is 577 g/mol. The molecule has 2 N–H and O–H groups in total. The predicted octanol–water partition coefficient (Wildman–Crippen LogP) is 3.94. The number of hydrogen-bond donors (Lipinski definition) is 2. The minimum atomic E-state index is -3.68. The van der Waals surface area contributed by atoms with E-state index in [-0.39, 0.29) is 33.6 Å². The zero-order valence-corrected chi connectivity index (χ0v) is 23.0. The van der Waals surface area contributed by atoms with E-state index in [1.807, 2.05) is 18.2 Å². The molecule has 9 nitrogen and oxygen atoms in total. The summed E-state index contributed by atoms with van der Waals surface area (Å²) in [5.74, 6) is -1.24. The van der Waals surface area contributed by atoms with E-state index in [9.17, 15) is 23.1 Å².